The molecule has 18 heavy (non-hydrogen) atoms. The molecule has 2 rings (SSSR count). The summed E-state index contributed by atoms with van der Waals surface area (Å²) >= 11 is 0. The van der Waals surface area contributed by atoms with E-state index in [4.69, 9.17) is 0 Å². The molecule has 1 aromatic rings. The van der Waals surface area contributed by atoms with Gasteiger partial charge in [-0.15, -0.1) is 0 Å². The normalized spacial score (nSPS) is 24.3. The Kier molecular flexibility index (Phi) is 4.31. The van der Waals surface area contributed by atoms with Crippen LogP contribution >= 0.6 is 0 Å². The number of aryl methyl sites for hydroxylation is 1. The molecule has 0 aromatic heterocycles. The van der Waals surface area contributed by atoms with Crippen molar-refractivity contribution in [3.63, 3.8) is 0 Å². The highest BCUT2D eigenvalue weighted by Crippen LogP contribution is 2.32. The zero-order chi connectivity index (χ0) is 13.1. The molecule has 1 nitrogen and oxygen atoms in total. The molecule has 1 aliphatic carbocycles. The number of anilines is 1. The second-order valence-electron chi connectivity index (χ2n) is 6.26. The largest absolute Gasteiger partial charge is 0.382 e. The van der Waals surface area contributed by atoms with Crippen molar-refractivity contribution in [1.82, 2.24) is 0 Å². The lowest BCUT2D eigenvalue weighted by Gasteiger charge is -2.33. The van der Waals surface area contributed by atoms with Gasteiger partial charge in [0, 0.05) is 11.7 Å². The molecule has 1 saturated carbocycles. The first-order chi connectivity index (χ1) is 8.58. The molecular weight excluding hydrogens is 218 g/mol. The summed E-state index contributed by atoms with van der Waals surface area (Å²) in [6.07, 6.45) is 5.47. The fourth-order valence-corrected chi connectivity index (χ4v) is 3.09. The standard InChI is InChI=1S/C17H27N/c1-12(2)15-8-6-9-16(11-15)18-17-10-5-7-13(3)14(17)4/h5,7,10,12,15-16,18H,6,8-9,11H2,1-4H3. The van der Waals surface area contributed by atoms with Crippen molar-refractivity contribution in [3.05, 3.63) is 29.3 Å². The average molecular weight is 245 g/mol. The van der Waals surface area contributed by atoms with Crippen LogP contribution in [0.1, 0.15) is 50.7 Å². The van der Waals surface area contributed by atoms with E-state index >= 15 is 0 Å². The Morgan fingerprint density at radius 1 is 1.17 bits per heavy atom. The number of benzene rings is 1. The highest BCUT2D eigenvalue weighted by Gasteiger charge is 2.24. The molecule has 100 valence electrons. The van der Waals surface area contributed by atoms with E-state index in [1.807, 2.05) is 0 Å². The number of hydrogen-bond donors (Lipinski definition) is 1. The first-order valence-electron chi connectivity index (χ1n) is 7.40. The van der Waals surface area contributed by atoms with Crippen LogP contribution in [0.5, 0.6) is 0 Å². The van der Waals surface area contributed by atoms with Gasteiger partial charge in [0.25, 0.3) is 0 Å². The predicted octanol–water partition coefficient (Wildman–Crippen LogP) is 4.93. The van der Waals surface area contributed by atoms with Gasteiger partial charge >= 0.3 is 0 Å². The van der Waals surface area contributed by atoms with E-state index in [0.717, 1.165) is 11.8 Å². The van der Waals surface area contributed by atoms with Gasteiger partial charge in [-0.25, -0.2) is 0 Å². The zero-order valence-corrected chi connectivity index (χ0v) is 12.3. The SMILES string of the molecule is Cc1cccc(NC2CCCC(C(C)C)C2)c1C. The van der Waals surface area contributed by atoms with E-state index in [1.165, 1.54) is 42.5 Å². The van der Waals surface area contributed by atoms with Gasteiger partial charge in [0.2, 0.25) is 0 Å². The summed E-state index contributed by atoms with van der Waals surface area (Å²) in [5.74, 6) is 1.73. The topological polar surface area (TPSA) is 12.0 Å². The average Bonchev–Trinajstić information content (AvgIpc) is 2.35. The van der Waals surface area contributed by atoms with Crippen molar-refractivity contribution in [2.24, 2.45) is 11.8 Å². The van der Waals surface area contributed by atoms with Crippen LogP contribution in [-0.2, 0) is 0 Å². The van der Waals surface area contributed by atoms with Crippen LogP contribution in [-0.4, -0.2) is 6.04 Å². The smallest absolute Gasteiger partial charge is 0.0374 e. The first kappa shape index (κ1) is 13.5. The van der Waals surface area contributed by atoms with Crippen LogP contribution in [0.4, 0.5) is 5.69 Å². The maximum absolute atomic E-state index is 3.77. The second-order valence-corrected chi connectivity index (χ2v) is 6.26. The Hall–Kier alpha value is -0.980. The Morgan fingerprint density at radius 2 is 1.94 bits per heavy atom. The monoisotopic (exact) mass is 245 g/mol. The van der Waals surface area contributed by atoms with Gasteiger partial charge in [0.05, 0.1) is 0 Å². The van der Waals surface area contributed by atoms with E-state index in [-0.39, 0.29) is 0 Å². The summed E-state index contributed by atoms with van der Waals surface area (Å²) in [7, 11) is 0. The van der Waals surface area contributed by atoms with Crippen LogP contribution in [0.15, 0.2) is 18.2 Å². The van der Waals surface area contributed by atoms with E-state index in [1.54, 1.807) is 0 Å². The van der Waals surface area contributed by atoms with Crippen LogP contribution in [0, 0.1) is 25.7 Å². The van der Waals surface area contributed by atoms with Gasteiger partial charge in [0.15, 0.2) is 0 Å². The van der Waals surface area contributed by atoms with Gasteiger partial charge < -0.3 is 5.32 Å². The molecule has 1 heteroatoms. The Labute approximate surface area is 112 Å². The Morgan fingerprint density at radius 3 is 2.67 bits per heavy atom. The maximum Gasteiger partial charge on any atom is 0.0374 e. The molecule has 0 spiro atoms. The maximum atomic E-state index is 3.77. The number of nitrogens with one attached hydrogen (secondary N) is 1. The number of rotatable bonds is 3. The van der Waals surface area contributed by atoms with Crippen molar-refractivity contribution in [3.8, 4) is 0 Å². The first-order valence-corrected chi connectivity index (χ1v) is 7.40. The molecule has 1 fully saturated rings. The molecule has 1 N–H and O–H groups in total. The molecule has 0 saturated heterocycles. The third-order valence-electron chi connectivity index (χ3n) is 4.62. The second kappa shape index (κ2) is 5.77. The van der Waals surface area contributed by atoms with Crippen LogP contribution in [0.2, 0.25) is 0 Å². The zero-order valence-electron chi connectivity index (χ0n) is 12.3. The van der Waals surface area contributed by atoms with E-state index in [9.17, 15) is 0 Å². The minimum absolute atomic E-state index is 0.673. The quantitative estimate of drug-likeness (QED) is 0.796. The van der Waals surface area contributed by atoms with E-state index in [2.05, 4.69) is 51.2 Å². The lowest BCUT2D eigenvalue weighted by Crippen LogP contribution is -2.29. The molecule has 0 aliphatic heterocycles. The molecule has 2 unspecified atom stereocenters. The van der Waals surface area contributed by atoms with E-state index in [0.29, 0.717) is 6.04 Å². The molecule has 2 atom stereocenters. The van der Waals surface area contributed by atoms with Gasteiger partial charge in [-0.3, -0.25) is 0 Å². The molecule has 0 radical (unpaired) electrons. The number of hydrogen-bond acceptors (Lipinski definition) is 1. The minimum Gasteiger partial charge on any atom is -0.382 e. The summed E-state index contributed by atoms with van der Waals surface area (Å²) in [6.45, 7) is 9.15. The summed E-state index contributed by atoms with van der Waals surface area (Å²) < 4.78 is 0. The predicted molar refractivity (Wildman–Crippen MR) is 80.1 cm³/mol. The van der Waals surface area contributed by atoms with Gasteiger partial charge in [-0.05, 0) is 55.7 Å². The molecule has 0 bridgehead atoms. The lowest BCUT2D eigenvalue weighted by atomic mass is 9.79. The summed E-state index contributed by atoms with van der Waals surface area (Å²) in [6, 6.07) is 7.25. The molecule has 0 amide bonds. The molecule has 0 heterocycles. The molecule has 1 aliphatic rings. The molecular formula is C17H27N. The van der Waals surface area contributed by atoms with Crippen molar-refractivity contribution in [2.45, 2.75) is 59.4 Å². The highest BCUT2D eigenvalue weighted by atomic mass is 14.9. The van der Waals surface area contributed by atoms with E-state index < -0.39 is 0 Å². The van der Waals surface area contributed by atoms with Gasteiger partial charge in [0.1, 0.15) is 0 Å². The lowest BCUT2D eigenvalue weighted by molar-refractivity contribution is 0.264. The van der Waals surface area contributed by atoms with Gasteiger partial charge in [-0.1, -0.05) is 38.8 Å². The summed E-state index contributed by atoms with van der Waals surface area (Å²) in [4.78, 5) is 0. The van der Waals surface area contributed by atoms with Crippen molar-refractivity contribution >= 4 is 5.69 Å². The minimum atomic E-state index is 0.673. The van der Waals surface area contributed by atoms with Gasteiger partial charge in [-0.2, -0.15) is 0 Å². The summed E-state index contributed by atoms with van der Waals surface area (Å²) in [5, 5.41) is 3.77. The fraction of sp³-hybridized carbons (Fsp3) is 0.647. The summed E-state index contributed by atoms with van der Waals surface area (Å²) in [5.41, 5.74) is 4.13. The van der Waals surface area contributed by atoms with Crippen LogP contribution in [0.25, 0.3) is 0 Å². The fourth-order valence-electron chi connectivity index (χ4n) is 3.09. The Balaban J connectivity index is 2.03. The van der Waals surface area contributed by atoms with Crippen LogP contribution < -0.4 is 5.32 Å². The third-order valence-corrected chi connectivity index (χ3v) is 4.62. The van der Waals surface area contributed by atoms with Crippen LogP contribution in [0.3, 0.4) is 0 Å². The van der Waals surface area contributed by atoms with Crippen molar-refractivity contribution < 1.29 is 0 Å². The highest BCUT2D eigenvalue weighted by molar-refractivity contribution is 5.54. The van der Waals surface area contributed by atoms with Crippen molar-refractivity contribution in [1.29, 1.82) is 0 Å². The Bertz CT molecular complexity index is 395. The third kappa shape index (κ3) is 3.07. The van der Waals surface area contributed by atoms with Crippen molar-refractivity contribution in [2.75, 3.05) is 5.32 Å². The molecule has 1 aromatic carbocycles.